The molecule has 2 aromatic carbocycles. The lowest BCUT2D eigenvalue weighted by atomic mass is 10.3. The lowest BCUT2D eigenvalue weighted by molar-refractivity contribution is -0.325. The molecule has 100 valence electrons. The zero-order valence-electron chi connectivity index (χ0n) is 10.3. The van der Waals surface area contributed by atoms with Crippen molar-refractivity contribution in [3.05, 3.63) is 60.7 Å². The first-order chi connectivity index (χ1) is 9.22. The summed E-state index contributed by atoms with van der Waals surface area (Å²) < 4.78 is 0.314. The summed E-state index contributed by atoms with van der Waals surface area (Å²) in [4.78, 5) is 0. The smallest absolute Gasteiger partial charge is 0.0847 e. The zero-order valence-corrected chi connectivity index (χ0v) is 11.9. The topological polar surface area (TPSA) is 63.7 Å². The SMILES string of the molecule is S=C([S-])NNc1ccccc1.[NH3+]Nc1ccccc1. The first-order valence-corrected chi connectivity index (χ1v) is 6.40. The van der Waals surface area contributed by atoms with Crippen molar-refractivity contribution in [2.45, 2.75) is 0 Å². The van der Waals surface area contributed by atoms with Crippen LogP contribution in [-0.2, 0) is 12.6 Å². The molecule has 0 aliphatic heterocycles. The standard InChI is InChI=1S/C7H8N2S2.C6H8N2/c10-7(11)9-8-6-4-2-1-3-5-6;7-8-6-4-2-1-3-5-6/h1-5,8H,(H2,9,10,11);1-5,8H,7H2. The second kappa shape index (κ2) is 9.09. The van der Waals surface area contributed by atoms with Crippen LogP contribution in [0, 0.1) is 0 Å². The van der Waals surface area contributed by atoms with E-state index in [4.69, 9.17) is 0 Å². The van der Waals surface area contributed by atoms with Crippen molar-refractivity contribution < 1.29 is 5.84 Å². The molecule has 19 heavy (non-hydrogen) atoms. The third-order valence-electron chi connectivity index (χ3n) is 2.06. The molecule has 0 saturated heterocycles. The maximum absolute atomic E-state index is 4.64. The monoisotopic (exact) mass is 292 g/mol. The summed E-state index contributed by atoms with van der Waals surface area (Å²) in [5, 5.41) is 0. The van der Waals surface area contributed by atoms with Gasteiger partial charge in [-0.1, -0.05) is 36.4 Å². The van der Waals surface area contributed by atoms with Gasteiger partial charge in [-0.2, -0.15) is 0 Å². The average Bonchev–Trinajstić information content (AvgIpc) is 2.48. The van der Waals surface area contributed by atoms with Crippen LogP contribution in [0.2, 0.25) is 0 Å². The summed E-state index contributed by atoms with van der Waals surface area (Å²) >= 11 is 9.27. The van der Waals surface area contributed by atoms with Crippen molar-refractivity contribution in [3.63, 3.8) is 0 Å². The Labute approximate surface area is 123 Å². The highest BCUT2D eigenvalue weighted by Gasteiger charge is 1.83. The van der Waals surface area contributed by atoms with Crippen LogP contribution in [0.25, 0.3) is 0 Å². The van der Waals surface area contributed by atoms with Crippen molar-refractivity contribution in [1.82, 2.24) is 5.43 Å². The van der Waals surface area contributed by atoms with Gasteiger partial charge in [0, 0.05) is 0 Å². The molecule has 0 radical (unpaired) electrons. The highest BCUT2D eigenvalue weighted by Crippen LogP contribution is 2.02. The fourth-order valence-corrected chi connectivity index (χ4v) is 1.30. The number of hydrazine groups is 1. The number of rotatable bonds is 3. The van der Waals surface area contributed by atoms with E-state index >= 15 is 0 Å². The normalized spacial score (nSPS) is 8.68. The Morgan fingerprint density at radius 3 is 1.74 bits per heavy atom. The van der Waals surface area contributed by atoms with Gasteiger partial charge in [0.2, 0.25) is 0 Å². The Bertz CT molecular complexity index is 477. The van der Waals surface area contributed by atoms with E-state index in [1.807, 2.05) is 60.7 Å². The van der Waals surface area contributed by atoms with Gasteiger partial charge in [-0.25, -0.2) is 5.43 Å². The van der Waals surface area contributed by atoms with Crippen molar-refractivity contribution >= 4 is 40.5 Å². The van der Waals surface area contributed by atoms with E-state index in [-0.39, 0.29) is 0 Å². The molecule has 0 saturated carbocycles. The van der Waals surface area contributed by atoms with Crippen LogP contribution in [0.1, 0.15) is 0 Å². The Balaban J connectivity index is 0.000000200. The van der Waals surface area contributed by atoms with Crippen molar-refractivity contribution in [3.8, 4) is 0 Å². The molecule has 0 bridgehead atoms. The van der Waals surface area contributed by atoms with Crippen LogP contribution in [0.5, 0.6) is 0 Å². The molecule has 0 spiro atoms. The van der Waals surface area contributed by atoms with Gasteiger partial charge in [0.25, 0.3) is 0 Å². The second-order valence-corrected chi connectivity index (χ2v) is 4.52. The Morgan fingerprint density at radius 2 is 1.37 bits per heavy atom. The first-order valence-electron chi connectivity index (χ1n) is 5.58. The van der Waals surface area contributed by atoms with E-state index < -0.39 is 0 Å². The Morgan fingerprint density at radius 1 is 0.895 bits per heavy atom. The molecule has 0 heterocycles. The largest absolute Gasteiger partial charge is 0.410 e. The molecule has 6 heteroatoms. The lowest BCUT2D eigenvalue weighted by Gasteiger charge is -2.11. The highest BCUT2D eigenvalue weighted by atomic mass is 32.1. The third kappa shape index (κ3) is 7.20. The summed E-state index contributed by atoms with van der Waals surface area (Å²) in [5.74, 6) is 3.51. The van der Waals surface area contributed by atoms with Gasteiger partial charge in [0.1, 0.15) is 0 Å². The molecular weight excluding hydrogens is 276 g/mol. The number of hydrogen-bond donors (Lipinski definition) is 4. The average molecular weight is 292 g/mol. The predicted molar refractivity (Wildman–Crippen MR) is 86.1 cm³/mol. The minimum Gasteiger partial charge on any atom is -0.410 e. The number of thiocarbonyl (C=S) groups is 1. The van der Waals surface area contributed by atoms with Crippen LogP contribution in [0.3, 0.4) is 0 Å². The number of hydrogen-bond acceptors (Lipinski definition) is 4. The quantitative estimate of drug-likeness (QED) is 0.394. The van der Waals surface area contributed by atoms with Crippen LogP contribution >= 0.6 is 12.2 Å². The predicted octanol–water partition coefficient (Wildman–Crippen LogP) is 1.69. The molecule has 0 aliphatic carbocycles. The third-order valence-corrected chi connectivity index (χ3v) is 2.26. The van der Waals surface area contributed by atoms with E-state index in [1.54, 1.807) is 0 Å². The maximum atomic E-state index is 4.64. The highest BCUT2D eigenvalue weighted by molar-refractivity contribution is 8.00. The van der Waals surface area contributed by atoms with Crippen LogP contribution < -0.4 is 22.1 Å². The van der Waals surface area contributed by atoms with Crippen molar-refractivity contribution in [1.29, 1.82) is 0 Å². The summed E-state index contributed by atoms with van der Waals surface area (Å²) in [6, 6.07) is 19.5. The lowest BCUT2D eigenvalue weighted by Crippen LogP contribution is -2.56. The van der Waals surface area contributed by atoms with Crippen LogP contribution in [-0.4, -0.2) is 4.32 Å². The Hall–Kier alpha value is -1.89. The minimum atomic E-state index is 0.314. The van der Waals surface area contributed by atoms with Crippen molar-refractivity contribution in [2.75, 3.05) is 10.9 Å². The zero-order chi connectivity index (χ0) is 13.9. The van der Waals surface area contributed by atoms with Crippen LogP contribution in [0.4, 0.5) is 11.4 Å². The summed E-state index contributed by atoms with van der Waals surface area (Å²) in [6.07, 6.45) is 0. The van der Waals surface area contributed by atoms with Gasteiger partial charge in [0.15, 0.2) is 0 Å². The molecule has 0 fully saturated rings. The number of quaternary nitrogens is 1. The fourth-order valence-electron chi connectivity index (χ4n) is 1.20. The number of benzene rings is 2. The summed E-state index contributed by atoms with van der Waals surface area (Å²) in [6.45, 7) is 0. The first kappa shape index (κ1) is 15.2. The minimum absolute atomic E-state index is 0.314. The van der Waals surface area contributed by atoms with Crippen LogP contribution in [0.15, 0.2) is 60.7 Å². The fraction of sp³-hybridized carbons (Fsp3) is 0. The van der Waals surface area contributed by atoms with E-state index in [2.05, 4.69) is 47.0 Å². The van der Waals surface area contributed by atoms with Gasteiger partial charge in [-0.15, -0.1) is 0 Å². The molecular formula is C13H16N4S2. The molecule has 0 unspecified atom stereocenters. The van der Waals surface area contributed by atoms with E-state index in [1.165, 1.54) is 0 Å². The summed E-state index contributed by atoms with van der Waals surface area (Å²) in [5.41, 5.74) is 10.3. The van der Waals surface area contributed by atoms with E-state index in [0.29, 0.717) is 4.32 Å². The van der Waals surface area contributed by atoms with E-state index in [9.17, 15) is 0 Å². The van der Waals surface area contributed by atoms with Gasteiger partial charge < -0.3 is 35.7 Å². The van der Waals surface area contributed by atoms with Gasteiger partial charge >= 0.3 is 0 Å². The van der Waals surface area contributed by atoms with Gasteiger partial charge in [-0.3, -0.25) is 5.84 Å². The Kier molecular flexibility index (Phi) is 7.26. The molecule has 4 nitrogen and oxygen atoms in total. The molecule has 2 rings (SSSR count). The molecule has 0 aromatic heterocycles. The number of para-hydroxylation sites is 2. The van der Waals surface area contributed by atoms with Gasteiger partial charge in [-0.05, 0) is 28.6 Å². The van der Waals surface area contributed by atoms with Gasteiger partial charge in [0.05, 0.1) is 11.4 Å². The summed E-state index contributed by atoms with van der Waals surface area (Å²) in [7, 11) is 0. The van der Waals surface area contributed by atoms with E-state index in [0.717, 1.165) is 11.4 Å². The molecule has 0 aliphatic rings. The molecule has 0 amide bonds. The molecule has 0 atom stereocenters. The maximum Gasteiger partial charge on any atom is 0.0847 e. The molecule has 6 N–H and O–H groups in total. The second-order valence-electron chi connectivity index (χ2n) is 3.45. The number of anilines is 2. The number of nitrogens with one attached hydrogen (secondary N) is 3. The van der Waals surface area contributed by atoms with Crippen molar-refractivity contribution in [2.24, 2.45) is 0 Å². The molecule has 2 aromatic rings.